The van der Waals surface area contributed by atoms with Crippen LogP contribution in [0.5, 0.6) is 0 Å². The number of hydrogen-bond donors (Lipinski definition) is 0. The zero-order valence-electron chi connectivity index (χ0n) is 24.5. The number of carbonyl (C=O) groups is 1. The fraction of sp³-hybridized carbons (Fsp3) is 0.686. The number of rotatable bonds is 23. The molecular formula is C35H54O3. The molecule has 0 radical (unpaired) electrons. The monoisotopic (exact) mass is 522 g/mol. The standard InChI is InChI=1S/C35H54O3/c1-4-7-9-11-12-13-14-15-16-17-18-19-20-22-27-31-35(36)37-32(6-3)28-24-23-26-30-34-33(38-34)29-25-21-10-8-5-2/h6,12-13,15-16,32-34H,3-5,7-11,14,17-22,25,27,29-31H2,1-2H3/b13-12+,16-15+. The smallest absolute Gasteiger partial charge is 0.307 e. The molecule has 3 heteroatoms. The van der Waals surface area contributed by atoms with Gasteiger partial charge >= 0.3 is 5.97 Å². The summed E-state index contributed by atoms with van der Waals surface area (Å²) in [4.78, 5) is 12.1. The van der Waals surface area contributed by atoms with Crippen molar-refractivity contribution in [3.63, 3.8) is 0 Å². The first-order valence-corrected chi connectivity index (χ1v) is 15.5. The molecule has 0 bridgehead atoms. The van der Waals surface area contributed by atoms with E-state index in [4.69, 9.17) is 9.47 Å². The predicted octanol–water partition coefficient (Wildman–Crippen LogP) is 9.42. The third-order valence-corrected chi connectivity index (χ3v) is 6.75. The van der Waals surface area contributed by atoms with Crippen LogP contribution in [0.1, 0.15) is 136 Å². The van der Waals surface area contributed by atoms with E-state index in [1.54, 1.807) is 6.08 Å². The van der Waals surface area contributed by atoms with Gasteiger partial charge in [0.1, 0.15) is 0 Å². The van der Waals surface area contributed by atoms with Gasteiger partial charge in [0.2, 0.25) is 0 Å². The molecule has 38 heavy (non-hydrogen) atoms. The maximum absolute atomic E-state index is 12.1. The molecule has 0 aliphatic carbocycles. The second-order valence-electron chi connectivity index (χ2n) is 10.3. The van der Waals surface area contributed by atoms with Crippen molar-refractivity contribution in [3.8, 4) is 23.7 Å². The van der Waals surface area contributed by atoms with Crippen LogP contribution in [0.2, 0.25) is 0 Å². The normalized spacial score (nSPS) is 17.0. The van der Waals surface area contributed by atoms with E-state index in [1.807, 2.05) is 0 Å². The molecule has 1 aliphatic heterocycles. The molecular weight excluding hydrogens is 468 g/mol. The Labute approximate surface area is 234 Å². The molecule has 3 atom stereocenters. The first-order valence-electron chi connectivity index (χ1n) is 15.5. The Balaban J connectivity index is 2.01. The quantitative estimate of drug-likeness (QED) is 0.0441. The fourth-order valence-corrected chi connectivity index (χ4v) is 4.28. The van der Waals surface area contributed by atoms with E-state index in [9.17, 15) is 4.79 Å². The summed E-state index contributed by atoms with van der Waals surface area (Å²) in [6.07, 6.45) is 32.3. The van der Waals surface area contributed by atoms with E-state index in [1.165, 1.54) is 70.6 Å². The largest absolute Gasteiger partial charge is 0.445 e. The molecule has 1 saturated heterocycles. The van der Waals surface area contributed by atoms with Crippen LogP contribution in [0.3, 0.4) is 0 Å². The lowest BCUT2D eigenvalue weighted by Crippen LogP contribution is -2.13. The van der Waals surface area contributed by atoms with Gasteiger partial charge in [-0.05, 0) is 68.8 Å². The van der Waals surface area contributed by atoms with Crippen LogP contribution in [-0.4, -0.2) is 24.3 Å². The van der Waals surface area contributed by atoms with Crippen LogP contribution in [0.15, 0.2) is 37.0 Å². The Hall–Kier alpha value is -2.23. The third kappa shape index (κ3) is 20.8. The highest BCUT2D eigenvalue weighted by Gasteiger charge is 2.36. The molecule has 212 valence electrons. The molecule has 1 aliphatic rings. The van der Waals surface area contributed by atoms with Crippen LogP contribution in [0, 0.1) is 23.7 Å². The minimum Gasteiger partial charge on any atom is -0.445 e. The van der Waals surface area contributed by atoms with Crippen LogP contribution < -0.4 is 0 Å². The number of allylic oxidation sites excluding steroid dienone is 4. The Bertz CT molecular complexity index is 785. The van der Waals surface area contributed by atoms with Gasteiger partial charge in [-0.25, -0.2) is 0 Å². The number of epoxide rings is 1. The zero-order valence-corrected chi connectivity index (χ0v) is 24.5. The first-order chi connectivity index (χ1) is 18.7. The van der Waals surface area contributed by atoms with Crippen molar-refractivity contribution in [2.45, 2.75) is 154 Å². The van der Waals surface area contributed by atoms with Gasteiger partial charge in [0, 0.05) is 12.8 Å². The zero-order chi connectivity index (χ0) is 27.5. The second-order valence-corrected chi connectivity index (χ2v) is 10.3. The van der Waals surface area contributed by atoms with E-state index in [0.717, 1.165) is 44.9 Å². The molecule has 1 fully saturated rings. The molecule has 3 unspecified atom stereocenters. The van der Waals surface area contributed by atoms with Gasteiger partial charge in [0.25, 0.3) is 0 Å². The third-order valence-electron chi connectivity index (χ3n) is 6.75. The summed E-state index contributed by atoms with van der Waals surface area (Å²) in [5.74, 6) is 11.4. The lowest BCUT2D eigenvalue weighted by atomic mass is 10.1. The Morgan fingerprint density at radius 1 is 0.816 bits per heavy atom. The van der Waals surface area contributed by atoms with Gasteiger partial charge in [0.15, 0.2) is 6.10 Å². The number of unbranched alkanes of at least 4 members (excludes halogenated alkanes) is 12. The van der Waals surface area contributed by atoms with Gasteiger partial charge in [-0.3, -0.25) is 4.79 Å². The second kappa shape index (κ2) is 25.1. The summed E-state index contributed by atoms with van der Waals surface area (Å²) in [5.41, 5.74) is 0. The molecule has 1 heterocycles. The van der Waals surface area contributed by atoms with Gasteiger partial charge in [-0.15, -0.1) is 0 Å². The molecule has 0 N–H and O–H groups in total. The van der Waals surface area contributed by atoms with Crippen molar-refractivity contribution in [2.75, 3.05) is 0 Å². The molecule has 0 aromatic heterocycles. The number of ether oxygens (including phenoxy) is 2. The van der Waals surface area contributed by atoms with E-state index >= 15 is 0 Å². The van der Waals surface area contributed by atoms with Crippen LogP contribution in [0.4, 0.5) is 0 Å². The fourth-order valence-electron chi connectivity index (χ4n) is 4.28. The molecule has 3 nitrogen and oxygen atoms in total. The van der Waals surface area contributed by atoms with Crippen molar-refractivity contribution >= 4 is 5.97 Å². The number of esters is 1. The van der Waals surface area contributed by atoms with Gasteiger partial charge < -0.3 is 9.47 Å². The molecule has 0 saturated carbocycles. The van der Waals surface area contributed by atoms with Gasteiger partial charge in [-0.1, -0.05) is 115 Å². The Morgan fingerprint density at radius 3 is 2.18 bits per heavy atom. The predicted molar refractivity (Wildman–Crippen MR) is 162 cm³/mol. The maximum Gasteiger partial charge on any atom is 0.307 e. The average Bonchev–Trinajstić information content (AvgIpc) is 3.67. The van der Waals surface area contributed by atoms with E-state index in [-0.39, 0.29) is 12.1 Å². The average molecular weight is 523 g/mol. The van der Waals surface area contributed by atoms with E-state index in [0.29, 0.717) is 12.5 Å². The lowest BCUT2D eigenvalue weighted by Gasteiger charge is -2.07. The van der Waals surface area contributed by atoms with Crippen molar-refractivity contribution in [3.05, 3.63) is 37.0 Å². The highest BCUT2D eigenvalue weighted by molar-refractivity contribution is 5.70. The number of hydrogen-bond acceptors (Lipinski definition) is 3. The van der Waals surface area contributed by atoms with Crippen molar-refractivity contribution in [2.24, 2.45) is 0 Å². The molecule has 1 rings (SSSR count). The van der Waals surface area contributed by atoms with E-state index < -0.39 is 6.10 Å². The number of carbonyl (C=O) groups excluding carboxylic acids is 1. The van der Waals surface area contributed by atoms with Crippen LogP contribution in [0.25, 0.3) is 0 Å². The lowest BCUT2D eigenvalue weighted by molar-refractivity contribution is -0.144. The topological polar surface area (TPSA) is 38.8 Å². The Morgan fingerprint density at radius 2 is 1.45 bits per heavy atom. The SMILES string of the molecule is C=CC(C#CC#CCC1OC1CCCCCCC)OC(=O)CCCCCCC/C=C/C/C=C/CCCCC. The molecule has 0 aromatic carbocycles. The van der Waals surface area contributed by atoms with Gasteiger partial charge in [0.05, 0.1) is 12.2 Å². The first kappa shape index (κ1) is 33.8. The minimum atomic E-state index is -0.595. The van der Waals surface area contributed by atoms with Gasteiger partial charge in [-0.2, -0.15) is 0 Å². The molecule has 0 aromatic rings. The highest BCUT2D eigenvalue weighted by atomic mass is 16.6. The summed E-state index contributed by atoms with van der Waals surface area (Å²) >= 11 is 0. The van der Waals surface area contributed by atoms with Crippen LogP contribution >= 0.6 is 0 Å². The van der Waals surface area contributed by atoms with E-state index in [2.05, 4.69) is 68.4 Å². The van der Waals surface area contributed by atoms with Crippen molar-refractivity contribution < 1.29 is 14.3 Å². The van der Waals surface area contributed by atoms with Crippen molar-refractivity contribution in [1.29, 1.82) is 0 Å². The van der Waals surface area contributed by atoms with Crippen molar-refractivity contribution in [1.82, 2.24) is 0 Å². The maximum atomic E-state index is 12.1. The van der Waals surface area contributed by atoms with Crippen LogP contribution in [-0.2, 0) is 14.3 Å². The Kier molecular flexibility index (Phi) is 22.3. The molecule has 0 spiro atoms. The minimum absolute atomic E-state index is 0.212. The summed E-state index contributed by atoms with van der Waals surface area (Å²) in [7, 11) is 0. The summed E-state index contributed by atoms with van der Waals surface area (Å²) < 4.78 is 11.1. The summed E-state index contributed by atoms with van der Waals surface area (Å²) in [6.45, 7) is 8.21. The summed E-state index contributed by atoms with van der Waals surface area (Å²) in [5, 5.41) is 0. The summed E-state index contributed by atoms with van der Waals surface area (Å²) in [6, 6.07) is 0. The highest BCUT2D eigenvalue weighted by Crippen LogP contribution is 2.29. The molecule has 0 amide bonds.